The molecule has 0 aliphatic heterocycles. The van der Waals surface area contributed by atoms with E-state index in [4.69, 9.17) is 4.74 Å². The molecule has 0 radical (unpaired) electrons. The van der Waals surface area contributed by atoms with E-state index in [2.05, 4.69) is 15.4 Å². The normalized spacial score (nSPS) is 10.7. The van der Waals surface area contributed by atoms with Crippen LogP contribution >= 0.6 is 0 Å². The Bertz CT molecular complexity index is 866. The Labute approximate surface area is 157 Å². The van der Waals surface area contributed by atoms with Crippen molar-refractivity contribution >= 4 is 29.2 Å². The fraction of sp³-hybridized carbons (Fsp3) is 0.167. The van der Waals surface area contributed by atoms with Crippen molar-refractivity contribution in [3.05, 3.63) is 54.1 Å². The number of amides is 2. The number of benzene rings is 2. The number of rotatable bonds is 6. The van der Waals surface area contributed by atoms with Crippen LogP contribution in [0.5, 0.6) is 5.75 Å². The van der Waals surface area contributed by atoms with Crippen molar-refractivity contribution in [1.29, 1.82) is 0 Å². The van der Waals surface area contributed by atoms with Crippen LogP contribution in [0.15, 0.2) is 48.5 Å². The molecule has 0 spiro atoms. The molecule has 2 aromatic carbocycles. The van der Waals surface area contributed by atoms with E-state index < -0.39 is 30.6 Å². The summed E-state index contributed by atoms with van der Waals surface area (Å²) in [7, 11) is 0. The third-order valence-electron chi connectivity index (χ3n) is 3.12. The number of nitrogens with one attached hydrogen (secondary N) is 2. The Morgan fingerprint density at radius 3 is 2.25 bits per heavy atom. The van der Waals surface area contributed by atoms with Crippen LogP contribution in [0.25, 0.3) is 0 Å². The zero-order valence-corrected chi connectivity index (χ0v) is 14.5. The van der Waals surface area contributed by atoms with E-state index in [0.29, 0.717) is 5.69 Å². The number of anilines is 2. The predicted molar refractivity (Wildman–Crippen MR) is 92.8 cm³/mol. The van der Waals surface area contributed by atoms with Gasteiger partial charge in [0.1, 0.15) is 5.75 Å². The molecule has 0 heterocycles. The maximum Gasteiger partial charge on any atom is 0.573 e. The van der Waals surface area contributed by atoms with Gasteiger partial charge in [0.25, 0.3) is 5.91 Å². The molecule has 2 aromatic rings. The van der Waals surface area contributed by atoms with Crippen LogP contribution in [-0.4, -0.2) is 30.8 Å². The lowest BCUT2D eigenvalue weighted by atomic mass is 10.2. The summed E-state index contributed by atoms with van der Waals surface area (Å²) in [6, 6.07) is 10.4. The molecule has 28 heavy (non-hydrogen) atoms. The second-order valence-corrected chi connectivity index (χ2v) is 5.46. The third kappa shape index (κ3) is 6.98. The average molecular weight is 396 g/mol. The van der Waals surface area contributed by atoms with Gasteiger partial charge < -0.3 is 20.1 Å². The van der Waals surface area contributed by atoms with Crippen LogP contribution in [-0.2, 0) is 14.3 Å². The van der Waals surface area contributed by atoms with Crippen molar-refractivity contribution in [2.45, 2.75) is 13.3 Å². The van der Waals surface area contributed by atoms with Gasteiger partial charge in [-0.05, 0) is 42.5 Å². The van der Waals surface area contributed by atoms with E-state index in [-0.39, 0.29) is 17.2 Å². The zero-order chi connectivity index (χ0) is 20.7. The molecule has 10 heteroatoms. The minimum absolute atomic E-state index is 0.132. The van der Waals surface area contributed by atoms with E-state index in [1.54, 1.807) is 6.07 Å². The van der Waals surface area contributed by atoms with Crippen LogP contribution in [0.3, 0.4) is 0 Å². The Hall–Kier alpha value is -3.56. The van der Waals surface area contributed by atoms with Crippen molar-refractivity contribution in [3.8, 4) is 5.75 Å². The molecule has 0 atom stereocenters. The number of ether oxygens (including phenoxy) is 2. The number of alkyl halides is 3. The fourth-order valence-electron chi connectivity index (χ4n) is 2.08. The monoisotopic (exact) mass is 396 g/mol. The summed E-state index contributed by atoms with van der Waals surface area (Å²) in [6.07, 6.45) is -4.81. The van der Waals surface area contributed by atoms with Crippen LogP contribution < -0.4 is 15.4 Å². The third-order valence-corrected chi connectivity index (χ3v) is 3.12. The summed E-state index contributed by atoms with van der Waals surface area (Å²) in [6.45, 7) is 0.709. The zero-order valence-electron chi connectivity index (χ0n) is 14.5. The lowest BCUT2D eigenvalue weighted by Gasteiger charge is -2.10. The van der Waals surface area contributed by atoms with Crippen LogP contribution in [0, 0.1) is 0 Å². The Morgan fingerprint density at radius 2 is 1.64 bits per heavy atom. The van der Waals surface area contributed by atoms with E-state index >= 15 is 0 Å². The van der Waals surface area contributed by atoms with Crippen molar-refractivity contribution < 1.29 is 37.0 Å². The number of carbonyl (C=O) groups excluding carboxylic acids is 3. The molecule has 0 aliphatic carbocycles. The van der Waals surface area contributed by atoms with Gasteiger partial charge >= 0.3 is 12.3 Å². The van der Waals surface area contributed by atoms with E-state index in [9.17, 15) is 27.6 Å². The maximum absolute atomic E-state index is 12.1. The van der Waals surface area contributed by atoms with Gasteiger partial charge in [-0.2, -0.15) is 0 Å². The van der Waals surface area contributed by atoms with Crippen molar-refractivity contribution in [2.75, 3.05) is 17.2 Å². The van der Waals surface area contributed by atoms with Crippen LogP contribution in [0.4, 0.5) is 24.5 Å². The molecule has 0 aromatic heterocycles. The van der Waals surface area contributed by atoms with Gasteiger partial charge in [0, 0.05) is 18.3 Å². The molecule has 7 nitrogen and oxygen atoms in total. The van der Waals surface area contributed by atoms with Crippen LogP contribution in [0.2, 0.25) is 0 Å². The van der Waals surface area contributed by atoms with Gasteiger partial charge in [-0.15, -0.1) is 13.2 Å². The van der Waals surface area contributed by atoms with Crippen molar-refractivity contribution in [3.63, 3.8) is 0 Å². The number of esters is 1. The minimum atomic E-state index is -4.81. The number of hydrogen-bond acceptors (Lipinski definition) is 5. The number of carbonyl (C=O) groups is 3. The lowest BCUT2D eigenvalue weighted by Crippen LogP contribution is -2.21. The van der Waals surface area contributed by atoms with Gasteiger partial charge in [0.2, 0.25) is 5.91 Å². The Balaban J connectivity index is 1.86. The fourth-order valence-corrected chi connectivity index (χ4v) is 2.08. The molecule has 0 fully saturated rings. The van der Waals surface area contributed by atoms with E-state index in [0.717, 1.165) is 12.1 Å². The summed E-state index contributed by atoms with van der Waals surface area (Å²) < 4.78 is 44.9. The SMILES string of the molecule is CC(=O)Nc1cccc(C(=O)OCC(=O)Nc2ccc(OC(F)(F)F)cc2)c1. The highest BCUT2D eigenvalue weighted by atomic mass is 19.4. The second-order valence-electron chi connectivity index (χ2n) is 5.46. The first kappa shape index (κ1) is 20.7. The Kier molecular flexibility index (Phi) is 6.59. The molecule has 148 valence electrons. The quantitative estimate of drug-likeness (QED) is 0.731. The predicted octanol–water partition coefficient (Wildman–Crippen LogP) is 3.34. The summed E-state index contributed by atoms with van der Waals surface area (Å²) in [5, 5.41) is 4.88. The van der Waals surface area contributed by atoms with E-state index in [1.807, 2.05) is 0 Å². The number of halogens is 3. The summed E-state index contributed by atoms with van der Waals surface area (Å²) in [5.41, 5.74) is 0.725. The highest BCUT2D eigenvalue weighted by molar-refractivity contribution is 5.96. The molecule has 0 saturated carbocycles. The standard InChI is InChI=1S/C18H15F3N2O5/c1-11(24)22-14-4-2-3-12(9-14)17(26)27-10-16(25)23-13-5-7-15(8-6-13)28-18(19,20)21/h2-9H,10H2,1H3,(H,22,24)(H,23,25). The number of hydrogen-bond donors (Lipinski definition) is 2. The smallest absolute Gasteiger partial charge is 0.452 e. The first-order chi connectivity index (χ1) is 13.1. The summed E-state index contributed by atoms with van der Waals surface area (Å²) in [4.78, 5) is 34.8. The summed E-state index contributed by atoms with van der Waals surface area (Å²) in [5.74, 6) is -2.21. The molecular weight excluding hydrogens is 381 g/mol. The van der Waals surface area contributed by atoms with Gasteiger partial charge in [-0.1, -0.05) is 6.07 Å². The maximum atomic E-state index is 12.1. The molecule has 2 rings (SSSR count). The van der Waals surface area contributed by atoms with Gasteiger partial charge in [0.15, 0.2) is 6.61 Å². The van der Waals surface area contributed by atoms with E-state index in [1.165, 1.54) is 37.3 Å². The highest BCUT2D eigenvalue weighted by Crippen LogP contribution is 2.23. The lowest BCUT2D eigenvalue weighted by molar-refractivity contribution is -0.274. The molecule has 0 unspecified atom stereocenters. The molecule has 0 aliphatic rings. The topological polar surface area (TPSA) is 93.7 Å². The second kappa shape index (κ2) is 8.89. The van der Waals surface area contributed by atoms with Gasteiger partial charge in [-0.25, -0.2) is 4.79 Å². The molecule has 0 saturated heterocycles. The van der Waals surface area contributed by atoms with Crippen molar-refractivity contribution in [2.24, 2.45) is 0 Å². The first-order valence-electron chi connectivity index (χ1n) is 7.83. The summed E-state index contributed by atoms with van der Waals surface area (Å²) >= 11 is 0. The van der Waals surface area contributed by atoms with Crippen molar-refractivity contribution in [1.82, 2.24) is 0 Å². The molecule has 2 N–H and O–H groups in total. The molecule has 2 amide bonds. The highest BCUT2D eigenvalue weighted by Gasteiger charge is 2.30. The van der Waals surface area contributed by atoms with Gasteiger partial charge in [0.05, 0.1) is 5.56 Å². The van der Waals surface area contributed by atoms with Gasteiger partial charge in [-0.3, -0.25) is 9.59 Å². The first-order valence-corrected chi connectivity index (χ1v) is 7.83. The average Bonchev–Trinajstić information content (AvgIpc) is 2.60. The minimum Gasteiger partial charge on any atom is -0.452 e. The molecule has 0 bridgehead atoms. The van der Waals surface area contributed by atoms with Crippen LogP contribution in [0.1, 0.15) is 17.3 Å². The largest absolute Gasteiger partial charge is 0.573 e. The Morgan fingerprint density at radius 1 is 0.964 bits per heavy atom. The molecular formula is C18H15F3N2O5.